The molecule has 0 spiro atoms. The fourth-order valence-electron chi connectivity index (χ4n) is 4.32. The van der Waals surface area contributed by atoms with Gasteiger partial charge in [0.2, 0.25) is 5.91 Å². The Labute approximate surface area is 179 Å². The number of pyridine rings is 2. The highest BCUT2D eigenvalue weighted by molar-refractivity contribution is 5.78. The highest BCUT2D eigenvalue weighted by atomic mass is 16.2. The first-order valence-corrected chi connectivity index (χ1v) is 10.8. The fourth-order valence-corrected chi connectivity index (χ4v) is 4.32. The number of likely N-dealkylation sites (tertiary alicyclic amines) is 1. The van der Waals surface area contributed by atoms with Gasteiger partial charge in [0, 0.05) is 42.3 Å². The van der Waals surface area contributed by atoms with Crippen molar-refractivity contribution in [2.45, 2.75) is 45.4 Å². The first-order chi connectivity index (χ1) is 14.6. The number of rotatable bonds is 5. The van der Waals surface area contributed by atoms with Crippen LogP contribution >= 0.6 is 0 Å². The summed E-state index contributed by atoms with van der Waals surface area (Å²) in [5.41, 5.74) is 6.96. The molecule has 2 aromatic heterocycles. The van der Waals surface area contributed by atoms with Crippen molar-refractivity contribution in [2.75, 3.05) is 13.1 Å². The van der Waals surface area contributed by atoms with E-state index in [4.69, 9.17) is 4.98 Å². The zero-order valence-corrected chi connectivity index (χ0v) is 17.8. The monoisotopic (exact) mass is 399 g/mol. The molecule has 1 aliphatic heterocycles. The molecule has 30 heavy (non-hydrogen) atoms. The highest BCUT2D eigenvalue weighted by Gasteiger charge is 2.26. The molecule has 4 rings (SSSR count). The number of carbonyl (C=O) groups is 1. The molecule has 0 aliphatic carbocycles. The average Bonchev–Trinajstić information content (AvgIpc) is 2.76. The molecule has 1 aromatic carbocycles. The molecule has 3 aromatic rings. The number of benzene rings is 1. The number of carbonyl (C=O) groups excluding carboxylic acids is 1. The number of hydrogen-bond acceptors (Lipinski definition) is 3. The van der Waals surface area contributed by atoms with E-state index in [1.807, 2.05) is 23.1 Å². The Hall–Kier alpha value is -3.01. The predicted octanol–water partition coefficient (Wildman–Crippen LogP) is 4.63. The van der Waals surface area contributed by atoms with E-state index in [0.29, 0.717) is 12.3 Å². The van der Waals surface area contributed by atoms with E-state index in [1.165, 1.54) is 16.7 Å². The van der Waals surface area contributed by atoms with Gasteiger partial charge in [-0.3, -0.25) is 14.8 Å². The van der Waals surface area contributed by atoms with Crippen LogP contribution in [0, 0.1) is 13.8 Å². The second-order valence-electron chi connectivity index (χ2n) is 8.32. The first-order valence-electron chi connectivity index (χ1n) is 10.8. The van der Waals surface area contributed by atoms with Crippen LogP contribution in [0.3, 0.4) is 0 Å². The molecule has 3 heterocycles. The minimum atomic E-state index is 0.159. The van der Waals surface area contributed by atoms with Crippen LogP contribution < -0.4 is 0 Å². The van der Waals surface area contributed by atoms with Crippen molar-refractivity contribution in [3.8, 4) is 0 Å². The molecule has 1 saturated heterocycles. The van der Waals surface area contributed by atoms with Gasteiger partial charge in [0.05, 0.1) is 6.42 Å². The number of aryl methyl sites for hydroxylation is 2. The second-order valence-corrected chi connectivity index (χ2v) is 8.32. The van der Waals surface area contributed by atoms with Gasteiger partial charge in [0.25, 0.3) is 0 Å². The van der Waals surface area contributed by atoms with E-state index in [0.717, 1.165) is 49.4 Å². The fraction of sp³-hybridized carbons (Fsp3) is 0.346. The lowest BCUT2D eigenvalue weighted by atomic mass is 9.91. The van der Waals surface area contributed by atoms with Gasteiger partial charge in [-0.2, -0.15) is 0 Å². The summed E-state index contributed by atoms with van der Waals surface area (Å²) in [4.78, 5) is 24.0. The third-order valence-corrected chi connectivity index (χ3v) is 5.94. The molecule has 0 radical (unpaired) electrons. The molecule has 1 atom stereocenters. The molecule has 4 nitrogen and oxygen atoms in total. The second kappa shape index (κ2) is 9.21. The van der Waals surface area contributed by atoms with Crippen LogP contribution in [0.4, 0.5) is 0 Å². The highest BCUT2D eigenvalue weighted by Crippen LogP contribution is 2.28. The first kappa shape index (κ1) is 20.3. The number of amides is 1. The maximum absolute atomic E-state index is 12.8. The van der Waals surface area contributed by atoms with Crippen LogP contribution in [0.5, 0.6) is 0 Å². The largest absolute Gasteiger partial charge is 0.342 e. The lowest BCUT2D eigenvalue weighted by Crippen LogP contribution is -2.40. The van der Waals surface area contributed by atoms with Crippen LogP contribution in [-0.4, -0.2) is 33.9 Å². The molecule has 154 valence electrons. The summed E-state index contributed by atoms with van der Waals surface area (Å²) in [5.74, 6) is 0.452. The van der Waals surface area contributed by atoms with Crippen LogP contribution in [0.25, 0.3) is 0 Å². The van der Waals surface area contributed by atoms with Gasteiger partial charge >= 0.3 is 0 Å². The Morgan fingerprint density at radius 2 is 1.93 bits per heavy atom. The molecule has 1 amide bonds. The van der Waals surface area contributed by atoms with Gasteiger partial charge in [-0.05, 0) is 74.1 Å². The zero-order chi connectivity index (χ0) is 20.9. The number of nitrogens with zero attached hydrogens (tertiary/aromatic N) is 3. The van der Waals surface area contributed by atoms with E-state index in [1.54, 1.807) is 6.20 Å². The molecule has 4 heteroatoms. The maximum Gasteiger partial charge on any atom is 0.228 e. The van der Waals surface area contributed by atoms with Crippen LogP contribution in [0.1, 0.15) is 52.5 Å². The van der Waals surface area contributed by atoms with Gasteiger partial charge in [-0.15, -0.1) is 0 Å². The van der Waals surface area contributed by atoms with Crippen LogP contribution in [0.2, 0.25) is 0 Å². The average molecular weight is 400 g/mol. The SMILES string of the molecule is Cc1cc(Cc2ccccc2C)cc(C2CCCN(C(=O)Cc3ccccn3)C2)n1. The summed E-state index contributed by atoms with van der Waals surface area (Å²) < 4.78 is 0. The minimum absolute atomic E-state index is 0.159. The minimum Gasteiger partial charge on any atom is -0.342 e. The lowest BCUT2D eigenvalue weighted by Gasteiger charge is -2.33. The Bertz CT molecular complexity index is 1020. The normalized spacial score (nSPS) is 16.5. The van der Waals surface area contributed by atoms with Crippen molar-refractivity contribution >= 4 is 5.91 Å². The standard InChI is InChI=1S/C26H29N3O/c1-19-8-3-4-9-22(19)15-21-14-20(2)28-25(16-21)23-10-7-13-29(18-23)26(30)17-24-11-5-6-12-27-24/h3-6,8-9,11-12,14,16,23H,7,10,13,15,17-18H2,1-2H3. The summed E-state index contributed by atoms with van der Waals surface area (Å²) in [5, 5.41) is 0. The number of aromatic nitrogens is 2. The molecular weight excluding hydrogens is 370 g/mol. The summed E-state index contributed by atoms with van der Waals surface area (Å²) in [7, 11) is 0. The number of piperidine rings is 1. The molecule has 1 fully saturated rings. The van der Waals surface area contributed by atoms with Gasteiger partial charge in [0.1, 0.15) is 0 Å². The third kappa shape index (κ3) is 4.93. The van der Waals surface area contributed by atoms with Crippen LogP contribution in [-0.2, 0) is 17.6 Å². The van der Waals surface area contributed by atoms with Crippen molar-refractivity contribution in [1.82, 2.24) is 14.9 Å². The predicted molar refractivity (Wildman–Crippen MR) is 119 cm³/mol. The quantitative estimate of drug-likeness (QED) is 0.628. The summed E-state index contributed by atoms with van der Waals surface area (Å²) in [6.45, 7) is 5.80. The molecule has 1 unspecified atom stereocenters. The maximum atomic E-state index is 12.8. The van der Waals surface area contributed by atoms with Crippen LogP contribution in [0.15, 0.2) is 60.8 Å². The molecular formula is C26H29N3O. The molecule has 0 bridgehead atoms. The topological polar surface area (TPSA) is 46.1 Å². The van der Waals surface area contributed by atoms with Gasteiger partial charge in [-0.25, -0.2) is 0 Å². The Balaban J connectivity index is 1.48. The number of hydrogen-bond donors (Lipinski definition) is 0. The van der Waals surface area contributed by atoms with E-state index in [2.05, 4.69) is 55.2 Å². The summed E-state index contributed by atoms with van der Waals surface area (Å²) in [6, 6.07) is 18.7. The van der Waals surface area contributed by atoms with E-state index < -0.39 is 0 Å². The van der Waals surface area contributed by atoms with Crippen molar-refractivity contribution in [2.24, 2.45) is 0 Å². The Kier molecular flexibility index (Phi) is 6.22. The van der Waals surface area contributed by atoms with Crippen molar-refractivity contribution in [3.05, 3.63) is 94.6 Å². The van der Waals surface area contributed by atoms with Crippen molar-refractivity contribution < 1.29 is 4.79 Å². The van der Waals surface area contributed by atoms with Gasteiger partial charge < -0.3 is 4.90 Å². The van der Waals surface area contributed by atoms with E-state index >= 15 is 0 Å². The molecule has 0 N–H and O–H groups in total. The molecule has 1 aliphatic rings. The zero-order valence-electron chi connectivity index (χ0n) is 17.8. The van der Waals surface area contributed by atoms with Crippen molar-refractivity contribution in [3.63, 3.8) is 0 Å². The van der Waals surface area contributed by atoms with E-state index in [9.17, 15) is 4.79 Å². The van der Waals surface area contributed by atoms with Crippen molar-refractivity contribution in [1.29, 1.82) is 0 Å². The smallest absolute Gasteiger partial charge is 0.228 e. The third-order valence-electron chi connectivity index (χ3n) is 5.94. The summed E-state index contributed by atoms with van der Waals surface area (Å²) >= 11 is 0. The van der Waals surface area contributed by atoms with E-state index in [-0.39, 0.29) is 5.91 Å². The summed E-state index contributed by atoms with van der Waals surface area (Å²) in [6.07, 6.45) is 5.12. The molecule has 0 saturated carbocycles. The Morgan fingerprint density at radius 1 is 1.10 bits per heavy atom. The lowest BCUT2D eigenvalue weighted by molar-refractivity contribution is -0.131. The Morgan fingerprint density at radius 3 is 2.73 bits per heavy atom. The van der Waals surface area contributed by atoms with Gasteiger partial charge in [0.15, 0.2) is 0 Å². The van der Waals surface area contributed by atoms with Gasteiger partial charge in [-0.1, -0.05) is 30.3 Å².